The molecule has 1 unspecified atom stereocenters. The van der Waals surface area contributed by atoms with Crippen molar-refractivity contribution < 1.29 is 13.6 Å². The zero-order valence-electron chi connectivity index (χ0n) is 16.3. The first-order valence-electron chi connectivity index (χ1n) is 9.68. The van der Waals surface area contributed by atoms with Crippen LogP contribution >= 0.6 is 0 Å². The molecule has 7 nitrogen and oxygen atoms in total. The summed E-state index contributed by atoms with van der Waals surface area (Å²) in [6, 6.07) is 3.13. The van der Waals surface area contributed by atoms with Gasteiger partial charge in [0.15, 0.2) is 0 Å². The predicted octanol–water partition coefficient (Wildman–Crippen LogP) is 3.13. The van der Waals surface area contributed by atoms with Crippen molar-refractivity contribution in [3.63, 3.8) is 0 Å². The first kappa shape index (κ1) is 19.2. The summed E-state index contributed by atoms with van der Waals surface area (Å²) in [7, 11) is 0. The molecule has 1 saturated heterocycles. The van der Waals surface area contributed by atoms with E-state index in [0.29, 0.717) is 18.7 Å². The van der Waals surface area contributed by atoms with Crippen molar-refractivity contribution in [2.75, 3.05) is 23.3 Å². The van der Waals surface area contributed by atoms with Crippen LogP contribution in [0.4, 0.5) is 20.3 Å². The van der Waals surface area contributed by atoms with Crippen molar-refractivity contribution in [1.82, 2.24) is 19.6 Å². The third-order valence-corrected chi connectivity index (χ3v) is 5.34. The Bertz CT molecular complexity index is 1070. The number of hydrogen-bond acceptors (Lipinski definition) is 5. The molecule has 1 aliphatic heterocycles. The first-order valence-corrected chi connectivity index (χ1v) is 9.68. The molecule has 1 amide bonds. The average molecular weight is 400 g/mol. The fourth-order valence-corrected chi connectivity index (χ4v) is 3.92. The summed E-state index contributed by atoms with van der Waals surface area (Å²) in [5.74, 6) is -0.647. The fraction of sp³-hybridized carbons (Fsp3) is 0.400. The number of amides is 1. The van der Waals surface area contributed by atoms with Gasteiger partial charge in [0.05, 0.1) is 11.6 Å². The molecule has 0 saturated carbocycles. The minimum Gasteiger partial charge on any atom is -0.355 e. The molecule has 1 fully saturated rings. The van der Waals surface area contributed by atoms with Crippen LogP contribution in [-0.4, -0.2) is 38.6 Å². The van der Waals surface area contributed by atoms with E-state index in [1.807, 2.05) is 6.92 Å². The summed E-state index contributed by atoms with van der Waals surface area (Å²) in [4.78, 5) is 23.6. The van der Waals surface area contributed by atoms with Gasteiger partial charge in [-0.3, -0.25) is 4.79 Å². The zero-order valence-corrected chi connectivity index (χ0v) is 16.3. The number of nitrogens with one attached hydrogen (secondary N) is 1. The minimum absolute atomic E-state index is 0.0128. The van der Waals surface area contributed by atoms with Gasteiger partial charge in [0.2, 0.25) is 5.91 Å². The number of carbonyl (C=O) groups excluding carboxylic acids is 1. The molecule has 0 radical (unpaired) electrons. The molecule has 29 heavy (non-hydrogen) atoms. The van der Waals surface area contributed by atoms with E-state index in [0.717, 1.165) is 48.6 Å². The van der Waals surface area contributed by atoms with Crippen LogP contribution in [0.15, 0.2) is 24.5 Å². The number of aryl methyl sites for hydroxylation is 1. The lowest BCUT2D eigenvalue weighted by atomic mass is 9.96. The summed E-state index contributed by atoms with van der Waals surface area (Å²) in [5.41, 5.74) is 1.94. The van der Waals surface area contributed by atoms with Gasteiger partial charge in [-0.1, -0.05) is 6.92 Å². The molecule has 0 bridgehead atoms. The molecule has 9 heteroatoms. The van der Waals surface area contributed by atoms with Crippen LogP contribution in [0.1, 0.15) is 31.0 Å². The smallest absolute Gasteiger partial charge is 0.254 e. The average Bonchev–Trinajstić information content (AvgIpc) is 3.16. The molecule has 4 rings (SSSR count). The van der Waals surface area contributed by atoms with Gasteiger partial charge in [-0.05, 0) is 38.3 Å². The van der Waals surface area contributed by atoms with Crippen LogP contribution in [0.3, 0.4) is 0 Å². The Hall–Kier alpha value is -3.10. The zero-order chi connectivity index (χ0) is 20.5. The number of fused-ring (bicyclic) bond motifs is 1. The SMILES string of the molecule is CCc1c(C)nc2ncnn2c1N1CCCC(C(=O)Nc2ccc(F)cc2F)C1. The molecule has 1 aromatic carbocycles. The second kappa shape index (κ2) is 7.73. The molecule has 3 aromatic rings. The molecule has 1 N–H and O–H groups in total. The largest absolute Gasteiger partial charge is 0.355 e. The highest BCUT2D eigenvalue weighted by molar-refractivity contribution is 5.93. The Labute approximate surface area is 166 Å². The Morgan fingerprint density at radius 3 is 2.93 bits per heavy atom. The molecule has 2 aromatic heterocycles. The number of carbonyl (C=O) groups is 1. The number of benzene rings is 1. The van der Waals surface area contributed by atoms with E-state index < -0.39 is 11.6 Å². The number of hydrogen-bond donors (Lipinski definition) is 1. The van der Waals surface area contributed by atoms with Crippen molar-refractivity contribution in [3.8, 4) is 0 Å². The molecular formula is C20H22F2N6O. The second-order valence-electron chi connectivity index (χ2n) is 7.22. The first-order chi connectivity index (χ1) is 14.0. The normalized spacial score (nSPS) is 17.0. The minimum atomic E-state index is -0.784. The van der Waals surface area contributed by atoms with E-state index >= 15 is 0 Å². The highest BCUT2D eigenvalue weighted by Gasteiger charge is 2.29. The number of aromatic nitrogens is 4. The van der Waals surface area contributed by atoms with Crippen molar-refractivity contribution in [3.05, 3.63) is 47.4 Å². The second-order valence-corrected chi connectivity index (χ2v) is 7.22. The fourth-order valence-electron chi connectivity index (χ4n) is 3.92. The van der Waals surface area contributed by atoms with Gasteiger partial charge >= 0.3 is 0 Å². The maximum absolute atomic E-state index is 13.9. The van der Waals surface area contributed by atoms with Gasteiger partial charge in [0.1, 0.15) is 23.8 Å². The Kier molecular flexibility index (Phi) is 5.12. The van der Waals surface area contributed by atoms with Crippen LogP contribution in [-0.2, 0) is 11.2 Å². The summed E-state index contributed by atoms with van der Waals surface area (Å²) < 4.78 is 28.7. The van der Waals surface area contributed by atoms with Crippen molar-refractivity contribution in [2.45, 2.75) is 33.1 Å². The standard InChI is InChI=1S/C20H22F2N6O/c1-3-15-12(2)25-20-23-11-24-28(20)19(15)27-8-4-5-13(10-27)18(29)26-17-7-6-14(21)9-16(17)22/h6-7,9,11,13H,3-5,8,10H2,1-2H3,(H,26,29). The van der Waals surface area contributed by atoms with E-state index in [2.05, 4.69) is 32.2 Å². The molecule has 0 aliphatic carbocycles. The summed E-state index contributed by atoms with van der Waals surface area (Å²) >= 11 is 0. The van der Waals surface area contributed by atoms with E-state index in [4.69, 9.17) is 0 Å². The highest BCUT2D eigenvalue weighted by atomic mass is 19.1. The Morgan fingerprint density at radius 2 is 2.17 bits per heavy atom. The molecule has 152 valence electrons. The lowest BCUT2D eigenvalue weighted by Gasteiger charge is -2.35. The van der Waals surface area contributed by atoms with Crippen molar-refractivity contribution >= 4 is 23.2 Å². The lowest BCUT2D eigenvalue weighted by molar-refractivity contribution is -0.120. The van der Waals surface area contributed by atoms with Crippen LogP contribution in [0.5, 0.6) is 0 Å². The predicted molar refractivity (Wildman–Crippen MR) is 105 cm³/mol. The summed E-state index contributed by atoms with van der Waals surface area (Å²) in [6.07, 6.45) is 3.75. The third kappa shape index (κ3) is 3.64. The van der Waals surface area contributed by atoms with Crippen LogP contribution in [0.25, 0.3) is 5.78 Å². The Balaban J connectivity index is 1.60. The Morgan fingerprint density at radius 1 is 1.34 bits per heavy atom. The topological polar surface area (TPSA) is 75.4 Å². The van der Waals surface area contributed by atoms with Gasteiger partial charge in [-0.15, -0.1) is 0 Å². The van der Waals surface area contributed by atoms with E-state index in [1.165, 1.54) is 12.4 Å². The van der Waals surface area contributed by atoms with Crippen molar-refractivity contribution in [1.29, 1.82) is 0 Å². The van der Waals surface area contributed by atoms with E-state index in [1.54, 1.807) is 4.52 Å². The maximum Gasteiger partial charge on any atom is 0.254 e. The maximum atomic E-state index is 13.9. The number of piperidine rings is 1. The summed E-state index contributed by atoms with van der Waals surface area (Å²) in [5, 5.41) is 6.91. The number of halogens is 2. The van der Waals surface area contributed by atoms with Gasteiger partial charge in [0, 0.05) is 30.4 Å². The molecular weight excluding hydrogens is 378 g/mol. The van der Waals surface area contributed by atoms with Gasteiger partial charge in [-0.2, -0.15) is 14.6 Å². The number of rotatable bonds is 4. The van der Waals surface area contributed by atoms with Gasteiger partial charge < -0.3 is 10.2 Å². The van der Waals surface area contributed by atoms with Gasteiger partial charge in [-0.25, -0.2) is 13.8 Å². The lowest BCUT2D eigenvalue weighted by Crippen LogP contribution is -2.42. The quantitative estimate of drug-likeness (QED) is 0.728. The number of anilines is 2. The van der Waals surface area contributed by atoms with Crippen LogP contribution in [0, 0.1) is 24.5 Å². The molecule has 3 heterocycles. The van der Waals surface area contributed by atoms with E-state index in [9.17, 15) is 13.6 Å². The molecule has 0 spiro atoms. The van der Waals surface area contributed by atoms with Crippen LogP contribution in [0.2, 0.25) is 0 Å². The highest BCUT2D eigenvalue weighted by Crippen LogP contribution is 2.29. The van der Waals surface area contributed by atoms with Crippen molar-refractivity contribution in [2.24, 2.45) is 5.92 Å². The molecule has 1 atom stereocenters. The summed E-state index contributed by atoms with van der Waals surface area (Å²) in [6.45, 7) is 5.25. The number of nitrogens with zero attached hydrogens (tertiary/aromatic N) is 5. The van der Waals surface area contributed by atoms with E-state index in [-0.39, 0.29) is 17.5 Å². The third-order valence-electron chi connectivity index (χ3n) is 5.34. The monoisotopic (exact) mass is 400 g/mol. The molecule has 1 aliphatic rings. The van der Waals surface area contributed by atoms with Gasteiger partial charge in [0.25, 0.3) is 5.78 Å². The van der Waals surface area contributed by atoms with Crippen LogP contribution < -0.4 is 10.2 Å².